The largest absolute Gasteiger partial charge is 0.383 e. The van der Waals surface area contributed by atoms with E-state index in [0.717, 1.165) is 77.0 Å². The minimum Gasteiger partial charge on any atom is -0.383 e. The fourth-order valence-electron chi connectivity index (χ4n) is 5.93. The van der Waals surface area contributed by atoms with Crippen LogP contribution in [0.25, 0.3) is 0 Å². The highest BCUT2D eigenvalue weighted by Gasteiger charge is 2.18. The first-order valence-electron chi connectivity index (χ1n) is 20.7. The standard InChI is InChI=1S/C40H78N4O5/c1-3-5-7-9-11-13-15-17-23-29-37(46)41-31-25-19-20-27-33-43-39(48)35-36(45)40(49)44-34-28-22-21-26-32-42-38(47)30-24-18-16-14-12-10-8-6-4-2/h36,45H,3-35H2,1-2H3,(H,41,46)(H,42,47)(H,43,48)(H,44,49). The molecule has 0 rings (SSSR count). The van der Waals surface area contributed by atoms with Gasteiger partial charge in [0.25, 0.3) is 0 Å². The molecule has 0 heterocycles. The first-order chi connectivity index (χ1) is 23.9. The fourth-order valence-corrected chi connectivity index (χ4v) is 5.93. The SMILES string of the molecule is CCCCCCCCCCCC(=O)NCCCCCCNC(=O)CC(O)C(=O)NCCCCCCNC(=O)CCCCCCCCCCC. The molecule has 288 valence electrons. The molecule has 0 aliphatic carbocycles. The first-order valence-corrected chi connectivity index (χ1v) is 20.7. The maximum absolute atomic E-state index is 12.1. The van der Waals surface area contributed by atoms with Gasteiger partial charge in [-0.2, -0.15) is 0 Å². The van der Waals surface area contributed by atoms with Gasteiger partial charge in [0.05, 0.1) is 6.42 Å². The molecule has 0 aromatic heterocycles. The Kier molecular flexibility index (Phi) is 35.5. The van der Waals surface area contributed by atoms with Gasteiger partial charge in [-0.3, -0.25) is 19.2 Å². The van der Waals surface area contributed by atoms with Gasteiger partial charge in [-0.15, -0.1) is 0 Å². The van der Waals surface area contributed by atoms with Gasteiger partial charge in [0.1, 0.15) is 6.10 Å². The molecule has 9 nitrogen and oxygen atoms in total. The van der Waals surface area contributed by atoms with E-state index in [1.54, 1.807) is 0 Å². The molecule has 0 aliphatic rings. The number of carbonyl (C=O) groups excluding carboxylic acids is 4. The zero-order valence-electron chi connectivity index (χ0n) is 32.0. The molecule has 0 saturated heterocycles. The van der Waals surface area contributed by atoms with E-state index in [-0.39, 0.29) is 24.1 Å². The van der Waals surface area contributed by atoms with Gasteiger partial charge in [0, 0.05) is 39.0 Å². The summed E-state index contributed by atoms with van der Waals surface area (Å²) in [7, 11) is 0. The van der Waals surface area contributed by atoms with Crippen LogP contribution in [-0.2, 0) is 19.2 Å². The van der Waals surface area contributed by atoms with E-state index in [4.69, 9.17) is 0 Å². The molecule has 1 atom stereocenters. The van der Waals surface area contributed by atoms with Gasteiger partial charge >= 0.3 is 0 Å². The number of hydrogen-bond donors (Lipinski definition) is 5. The van der Waals surface area contributed by atoms with Crippen LogP contribution in [0.1, 0.15) is 200 Å². The minimum absolute atomic E-state index is 0.143. The Bertz CT molecular complexity index is 795. The van der Waals surface area contributed by atoms with Crippen LogP contribution in [0.3, 0.4) is 0 Å². The molecule has 0 aromatic rings. The lowest BCUT2D eigenvalue weighted by Crippen LogP contribution is -2.39. The van der Waals surface area contributed by atoms with Crippen LogP contribution in [0.2, 0.25) is 0 Å². The van der Waals surface area contributed by atoms with Crippen molar-refractivity contribution in [2.24, 2.45) is 0 Å². The number of hydrogen-bond acceptors (Lipinski definition) is 5. The maximum atomic E-state index is 12.1. The lowest BCUT2D eigenvalue weighted by molar-refractivity contribution is -0.134. The third-order valence-corrected chi connectivity index (χ3v) is 9.17. The second kappa shape index (κ2) is 37.1. The van der Waals surface area contributed by atoms with Crippen LogP contribution in [0.15, 0.2) is 0 Å². The number of carbonyl (C=O) groups is 4. The Hall–Kier alpha value is -2.16. The van der Waals surface area contributed by atoms with E-state index in [1.165, 1.54) is 89.9 Å². The van der Waals surface area contributed by atoms with Crippen LogP contribution in [0.4, 0.5) is 0 Å². The van der Waals surface area contributed by atoms with Crippen LogP contribution < -0.4 is 21.3 Å². The predicted octanol–water partition coefficient (Wildman–Crippen LogP) is 8.16. The first kappa shape index (κ1) is 46.8. The number of nitrogens with one attached hydrogen (secondary N) is 4. The zero-order chi connectivity index (χ0) is 36.0. The molecule has 0 spiro atoms. The van der Waals surface area contributed by atoms with Gasteiger partial charge in [0.15, 0.2) is 0 Å². The Labute approximate surface area is 301 Å². The summed E-state index contributed by atoms with van der Waals surface area (Å²) < 4.78 is 0. The quantitative estimate of drug-likeness (QED) is 0.0418. The van der Waals surface area contributed by atoms with Crippen molar-refractivity contribution in [1.29, 1.82) is 0 Å². The van der Waals surface area contributed by atoms with Gasteiger partial charge < -0.3 is 26.4 Å². The number of aliphatic hydroxyl groups excluding tert-OH is 1. The molecule has 0 saturated carbocycles. The van der Waals surface area contributed by atoms with E-state index >= 15 is 0 Å². The summed E-state index contributed by atoms with van der Waals surface area (Å²) in [6.45, 7) is 6.83. The van der Waals surface area contributed by atoms with E-state index < -0.39 is 12.0 Å². The molecule has 4 amide bonds. The summed E-state index contributed by atoms with van der Waals surface area (Å²) in [5.41, 5.74) is 0. The molecule has 9 heteroatoms. The molecule has 0 radical (unpaired) electrons. The third kappa shape index (κ3) is 35.5. The number of unbranched alkanes of at least 4 members (excludes halogenated alkanes) is 22. The zero-order valence-corrected chi connectivity index (χ0v) is 32.0. The molecule has 0 fully saturated rings. The van der Waals surface area contributed by atoms with Crippen LogP contribution in [-0.4, -0.2) is 61.0 Å². The summed E-state index contributed by atoms with van der Waals surface area (Å²) in [4.78, 5) is 48.2. The number of aliphatic hydroxyl groups is 1. The normalized spacial score (nSPS) is 11.7. The predicted molar refractivity (Wildman–Crippen MR) is 203 cm³/mol. The molecule has 0 aromatic carbocycles. The summed E-state index contributed by atoms with van der Waals surface area (Å²) in [5, 5.41) is 21.6. The summed E-state index contributed by atoms with van der Waals surface area (Å²) >= 11 is 0. The molecule has 0 bridgehead atoms. The summed E-state index contributed by atoms with van der Waals surface area (Å²) in [6.07, 6.45) is 29.4. The van der Waals surface area contributed by atoms with Crippen LogP contribution >= 0.6 is 0 Å². The molecule has 0 aliphatic heterocycles. The monoisotopic (exact) mass is 695 g/mol. The van der Waals surface area contributed by atoms with Crippen LogP contribution in [0, 0.1) is 0 Å². The molecule has 1 unspecified atom stereocenters. The lowest BCUT2D eigenvalue weighted by atomic mass is 10.1. The van der Waals surface area contributed by atoms with Crippen molar-refractivity contribution >= 4 is 23.6 Å². The third-order valence-electron chi connectivity index (χ3n) is 9.17. The van der Waals surface area contributed by atoms with Crippen molar-refractivity contribution in [3.8, 4) is 0 Å². The van der Waals surface area contributed by atoms with Gasteiger partial charge in [-0.05, 0) is 38.5 Å². The van der Waals surface area contributed by atoms with Gasteiger partial charge in [-0.1, -0.05) is 142 Å². The molecule has 49 heavy (non-hydrogen) atoms. The average molecular weight is 695 g/mol. The second-order valence-electron chi connectivity index (χ2n) is 14.0. The molecular formula is C40H78N4O5. The number of rotatable bonds is 37. The van der Waals surface area contributed by atoms with Crippen molar-refractivity contribution in [3.63, 3.8) is 0 Å². The van der Waals surface area contributed by atoms with Crippen molar-refractivity contribution in [2.75, 3.05) is 26.2 Å². The van der Waals surface area contributed by atoms with Crippen molar-refractivity contribution in [3.05, 3.63) is 0 Å². The Balaban J connectivity index is 3.52. The molecular weight excluding hydrogens is 616 g/mol. The van der Waals surface area contributed by atoms with Crippen molar-refractivity contribution in [1.82, 2.24) is 21.3 Å². The molecule has 5 N–H and O–H groups in total. The van der Waals surface area contributed by atoms with Gasteiger partial charge in [0.2, 0.25) is 23.6 Å². The van der Waals surface area contributed by atoms with Crippen molar-refractivity contribution in [2.45, 2.75) is 206 Å². The van der Waals surface area contributed by atoms with Gasteiger partial charge in [-0.25, -0.2) is 0 Å². The van der Waals surface area contributed by atoms with E-state index in [1.807, 2.05) is 0 Å². The number of amides is 4. The highest BCUT2D eigenvalue weighted by molar-refractivity contribution is 5.87. The smallest absolute Gasteiger partial charge is 0.249 e. The average Bonchev–Trinajstić information content (AvgIpc) is 3.08. The Morgan fingerprint density at radius 1 is 0.388 bits per heavy atom. The van der Waals surface area contributed by atoms with E-state index in [0.29, 0.717) is 39.0 Å². The van der Waals surface area contributed by atoms with Crippen LogP contribution in [0.5, 0.6) is 0 Å². The summed E-state index contributed by atoms with van der Waals surface area (Å²) in [6, 6.07) is 0. The fraction of sp³-hybridized carbons (Fsp3) is 0.900. The highest BCUT2D eigenvalue weighted by Crippen LogP contribution is 2.12. The Morgan fingerprint density at radius 3 is 1.04 bits per heavy atom. The van der Waals surface area contributed by atoms with E-state index in [2.05, 4.69) is 35.1 Å². The maximum Gasteiger partial charge on any atom is 0.249 e. The highest BCUT2D eigenvalue weighted by atomic mass is 16.3. The lowest BCUT2D eigenvalue weighted by Gasteiger charge is -2.12. The Morgan fingerprint density at radius 2 is 0.673 bits per heavy atom. The topological polar surface area (TPSA) is 137 Å². The minimum atomic E-state index is -1.35. The van der Waals surface area contributed by atoms with E-state index in [9.17, 15) is 24.3 Å². The second-order valence-corrected chi connectivity index (χ2v) is 14.0. The van der Waals surface area contributed by atoms with Crippen molar-refractivity contribution < 1.29 is 24.3 Å². The summed E-state index contributed by atoms with van der Waals surface area (Å²) in [5.74, 6) is -0.552.